The van der Waals surface area contributed by atoms with Crippen LogP contribution in [0.2, 0.25) is 5.02 Å². The van der Waals surface area contributed by atoms with Crippen LogP contribution in [0.1, 0.15) is 34.5 Å². The lowest BCUT2D eigenvalue weighted by molar-refractivity contribution is -0.350. The average molecular weight is 661 g/mol. The number of carbonyl (C=O) groups is 2. The average Bonchev–Trinajstić information content (AvgIpc) is 3.66. The predicted octanol–water partition coefficient (Wildman–Crippen LogP) is 6.33. The highest BCUT2D eigenvalue weighted by Gasteiger charge is 2.76. The second-order valence-electron chi connectivity index (χ2n) is 9.02. The summed E-state index contributed by atoms with van der Waals surface area (Å²) in [4.78, 5) is 26.2. The van der Waals surface area contributed by atoms with Crippen molar-refractivity contribution >= 4 is 41.2 Å². The van der Waals surface area contributed by atoms with E-state index in [1.165, 1.54) is 6.07 Å². The quantitative estimate of drug-likeness (QED) is 0.237. The molecule has 1 fully saturated rings. The number of benzene rings is 1. The fraction of sp³-hybridized carbons (Fsp3) is 0.375. The number of hydrogen-bond acceptors (Lipinski definition) is 8. The number of aryl methyl sites for hydroxylation is 1. The Hall–Kier alpha value is -4.47. The smallest absolute Gasteiger partial charge is 0.437 e. The van der Waals surface area contributed by atoms with Crippen LogP contribution in [0.4, 0.5) is 50.1 Å². The zero-order valence-corrected chi connectivity index (χ0v) is 22.8. The summed E-state index contributed by atoms with van der Waals surface area (Å²) in [5.74, 6) is -4.13. The zero-order valence-electron chi connectivity index (χ0n) is 22.1. The number of methoxy groups -OCH3 is 1. The Balaban J connectivity index is 2.11. The number of rotatable bonds is 9. The standard InChI is InChI=1S/C24H18ClF9N6O4/c1-39-17(15(44-19(26)27)16(38-39)22(28,23(29,30)31)24(32,33)34)37-9-12(8-35)11-3-4-14(25)13(7-11)18(41)40(20(42)43-2)21(10-36)5-6-21/h3-4,7-9,19,35,37H,5-6H2,1-2H3/b12-9+,35-8?. The number of nitrogens with zero attached hydrogens (tertiary/aromatic N) is 4. The van der Waals surface area contributed by atoms with Gasteiger partial charge in [-0.1, -0.05) is 17.7 Å². The summed E-state index contributed by atoms with van der Waals surface area (Å²) in [6.45, 7) is -4.03. The summed E-state index contributed by atoms with van der Waals surface area (Å²) < 4.78 is 130. The first kappa shape index (κ1) is 34.0. The molecule has 0 saturated heterocycles. The first-order chi connectivity index (χ1) is 20.3. The lowest BCUT2D eigenvalue weighted by atomic mass is 9.99. The summed E-state index contributed by atoms with van der Waals surface area (Å²) in [5.41, 5.74) is -11.1. The molecule has 44 heavy (non-hydrogen) atoms. The number of anilines is 1. The van der Waals surface area contributed by atoms with Crippen molar-refractivity contribution in [1.82, 2.24) is 14.7 Å². The van der Waals surface area contributed by atoms with Gasteiger partial charge in [0.05, 0.1) is 23.8 Å². The molecule has 2 aromatic rings. The lowest BCUT2D eigenvalue weighted by Crippen LogP contribution is -2.51. The van der Waals surface area contributed by atoms with Crippen molar-refractivity contribution in [3.63, 3.8) is 0 Å². The number of halogens is 10. The van der Waals surface area contributed by atoms with E-state index in [2.05, 4.69) is 19.9 Å². The van der Waals surface area contributed by atoms with Crippen molar-refractivity contribution in [2.75, 3.05) is 12.4 Å². The van der Waals surface area contributed by atoms with E-state index in [9.17, 15) is 54.4 Å². The molecule has 0 radical (unpaired) electrons. The second-order valence-corrected chi connectivity index (χ2v) is 9.43. The zero-order chi connectivity index (χ0) is 33.4. The van der Waals surface area contributed by atoms with Crippen molar-refractivity contribution in [3.05, 3.63) is 46.2 Å². The summed E-state index contributed by atoms with van der Waals surface area (Å²) in [6.07, 6.45) is -13.0. The second kappa shape index (κ2) is 11.9. The van der Waals surface area contributed by atoms with E-state index in [0.29, 0.717) is 24.4 Å². The summed E-state index contributed by atoms with van der Waals surface area (Å²) in [7, 11) is 1.65. The molecule has 238 valence electrons. The number of amides is 2. The number of nitriles is 1. The van der Waals surface area contributed by atoms with Gasteiger partial charge in [0.2, 0.25) is 0 Å². The molecule has 1 saturated carbocycles. The minimum absolute atomic E-state index is 0.0870. The molecule has 0 unspecified atom stereocenters. The Bertz CT molecular complexity index is 1530. The van der Waals surface area contributed by atoms with Crippen LogP contribution >= 0.6 is 11.6 Å². The van der Waals surface area contributed by atoms with Crippen LogP contribution in [0, 0.1) is 16.7 Å². The number of hydrogen-bond donors (Lipinski definition) is 2. The Labute approximate surface area is 246 Å². The Kier molecular flexibility index (Phi) is 9.20. The van der Waals surface area contributed by atoms with E-state index < -0.39 is 59.4 Å². The number of nitrogens with one attached hydrogen (secondary N) is 2. The van der Waals surface area contributed by atoms with Gasteiger partial charge in [0.15, 0.2) is 17.3 Å². The van der Waals surface area contributed by atoms with Crippen LogP contribution < -0.4 is 10.1 Å². The summed E-state index contributed by atoms with van der Waals surface area (Å²) >= 11 is 6.13. The van der Waals surface area contributed by atoms with Crippen molar-refractivity contribution in [1.29, 1.82) is 10.7 Å². The number of carbonyl (C=O) groups excluding carboxylic acids is 2. The van der Waals surface area contributed by atoms with Crippen LogP contribution in [0.15, 0.2) is 24.4 Å². The molecule has 2 amide bonds. The van der Waals surface area contributed by atoms with Gasteiger partial charge in [-0.05, 0) is 30.5 Å². The topological polar surface area (TPSA) is 133 Å². The fourth-order valence-corrected chi connectivity index (χ4v) is 4.11. The molecule has 1 aliphatic carbocycles. The Morgan fingerprint density at radius 2 is 1.80 bits per heavy atom. The van der Waals surface area contributed by atoms with Crippen LogP contribution in [-0.4, -0.2) is 64.5 Å². The van der Waals surface area contributed by atoms with Gasteiger partial charge < -0.3 is 20.2 Å². The first-order valence-corrected chi connectivity index (χ1v) is 12.1. The highest BCUT2D eigenvalue weighted by Crippen LogP contribution is 2.56. The van der Waals surface area contributed by atoms with E-state index in [4.69, 9.17) is 17.0 Å². The summed E-state index contributed by atoms with van der Waals surface area (Å²) in [6, 6.07) is 5.19. The van der Waals surface area contributed by atoms with Gasteiger partial charge in [-0.2, -0.15) is 45.5 Å². The number of allylic oxidation sites excluding steroid dienone is 1. The van der Waals surface area contributed by atoms with E-state index >= 15 is 0 Å². The first-order valence-electron chi connectivity index (χ1n) is 11.7. The summed E-state index contributed by atoms with van der Waals surface area (Å²) in [5, 5.41) is 21.9. The molecule has 0 atom stereocenters. The monoisotopic (exact) mass is 660 g/mol. The van der Waals surface area contributed by atoms with Crippen molar-refractivity contribution in [2.24, 2.45) is 7.05 Å². The predicted molar refractivity (Wildman–Crippen MR) is 133 cm³/mol. The Morgan fingerprint density at radius 1 is 1.20 bits per heavy atom. The fourth-order valence-electron chi connectivity index (χ4n) is 3.91. The maximum absolute atomic E-state index is 14.8. The molecule has 2 N–H and O–H groups in total. The molecule has 0 bridgehead atoms. The number of aromatic nitrogens is 2. The minimum Gasteiger partial charge on any atom is -0.452 e. The molecular formula is C24H18ClF9N6O4. The molecule has 10 nitrogen and oxygen atoms in total. The van der Waals surface area contributed by atoms with Crippen LogP contribution in [0.5, 0.6) is 5.75 Å². The maximum Gasteiger partial charge on any atom is 0.437 e. The van der Waals surface area contributed by atoms with Crippen molar-refractivity contribution < 1.29 is 58.6 Å². The molecule has 0 aliphatic heterocycles. The van der Waals surface area contributed by atoms with Gasteiger partial charge in [0.25, 0.3) is 5.91 Å². The highest BCUT2D eigenvalue weighted by atomic mass is 35.5. The number of imide groups is 1. The third-order valence-electron chi connectivity index (χ3n) is 6.29. The number of ether oxygens (including phenoxy) is 2. The van der Waals surface area contributed by atoms with E-state index in [0.717, 1.165) is 19.2 Å². The third-order valence-corrected chi connectivity index (χ3v) is 6.62. The number of alkyl halides is 9. The molecular weight excluding hydrogens is 643 g/mol. The lowest BCUT2D eigenvalue weighted by Gasteiger charge is -2.28. The molecule has 1 aromatic heterocycles. The molecule has 20 heteroatoms. The van der Waals surface area contributed by atoms with Gasteiger partial charge in [-0.15, -0.1) is 0 Å². The van der Waals surface area contributed by atoms with E-state index in [-0.39, 0.29) is 39.2 Å². The van der Waals surface area contributed by atoms with Gasteiger partial charge >= 0.3 is 30.7 Å². The van der Waals surface area contributed by atoms with Gasteiger partial charge in [-0.25, -0.2) is 18.8 Å². The van der Waals surface area contributed by atoms with Gasteiger partial charge in [0.1, 0.15) is 5.54 Å². The normalized spacial score (nSPS) is 15.0. The van der Waals surface area contributed by atoms with Crippen LogP contribution in [0.3, 0.4) is 0 Å². The SMILES string of the molecule is COC(=O)N(C(=O)c1cc(/C(C=N)=C/Nc2c(OC(F)F)c(C(F)(C(F)(F)F)C(F)(F)F)nn2C)ccc1Cl)C1(C#N)CC1. The highest BCUT2D eigenvalue weighted by molar-refractivity contribution is 6.34. The van der Waals surface area contributed by atoms with Crippen molar-refractivity contribution in [2.45, 2.75) is 43.0 Å². The molecule has 1 aliphatic rings. The van der Waals surface area contributed by atoms with Crippen LogP contribution in [-0.2, 0) is 17.5 Å². The van der Waals surface area contributed by atoms with E-state index in [1.807, 2.05) is 6.07 Å². The van der Waals surface area contributed by atoms with Crippen molar-refractivity contribution in [3.8, 4) is 11.8 Å². The molecule has 1 aromatic carbocycles. The molecule has 3 rings (SSSR count). The van der Waals surface area contributed by atoms with Gasteiger partial charge in [0, 0.05) is 25.0 Å². The van der Waals surface area contributed by atoms with E-state index in [1.54, 1.807) is 0 Å². The minimum atomic E-state index is -6.71. The maximum atomic E-state index is 14.8. The third kappa shape index (κ3) is 5.98. The largest absolute Gasteiger partial charge is 0.452 e. The van der Waals surface area contributed by atoms with Gasteiger partial charge in [-0.3, -0.25) is 4.79 Å². The Morgan fingerprint density at radius 3 is 2.25 bits per heavy atom. The molecule has 0 spiro atoms. The van der Waals surface area contributed by atoms with Crippen LogP contribution in [0.25, 0.3) is 5.57 Å². The molecule has 1 heterocycles.